The maximum absolute atomic E-state index is 13.1. The molecule has 5 rings (SSSR count). The number of benzene rings is 2. The van der Waals surface area contributed by atoms with Crippen LogP contribution in [-0.2, 0) is 41.0 Å². The number of nitrogens with one attached hydrogen (secondary N) is 2. The number of likely N-dealkylation sites (tertiary alicyclic amines) is 1. The first kappa shape index (κ1) is 31.4. The van der Waals surface area contributed by atoms with Crippen molar-refractivity contribution in [3.05, 3.63) is 82.4 Å². The predicted molar refractivity (Wildman–Crippen MR) is 144 cm³/mol. The monoisotopic (exact) mass is 626 g/mol. The molecule has 0 spiro atoms. The molecule has 1 fully saturated rings. The van der Waals surface area contributed by atoms with E-state index in [0.717, 1.165) is 11.1 Å². The normalized spacial score (nSPS) is 14.1. The van der Waals surface area contributed by atoms with E-state index in [4.69, 9.17) is 28.3 Å². The van der Waals surface area contributed by atoms with Gasteiger partial charge in [-0.3, -0.25) is 9.59 Å². The fraction of sp³-hybridized carbons (Fsp3) is 0.259. The molecule has 3 heterocycles. The van der Waals surface area contributed by atoms with Gasteiger partial charge in [-0.25, -0.2) is 18.7 Å². The van der Waals surface area contributed by atoms with Crippen molar-refractivity contribution in [2.45, 2.75) is 31.6 Å². The molecule has 0 bridgehead atoms. The minimum Gasteiger partial charge on any atom is -0.481 e. The Kier molecular flexibility index (Phi) is 10.9. The summed E-state index contributed by atoms with van der Waals surface area (Å²) in [7, 11) is 0. The van der Waals surface area contributed by atoms with Crippen molar-refractivity contribution < 1.29 is 42.0 Å². The average Bonchev–Trinajstić information content (AvgIpc) is 3.55. The van der Waals surface area contributed by atoms with Crippen LogP contribution in [0.4, 0.5) is 8.78 Å². The minimum atomic E-state index is -2.65. The molecule has 0 atom stereocenters. The van der Waals surface area contributed by atoms with E-state index >= 15 is 0 Å². The number of carbonyl (C=O) groups is 2. The predicted octanol–water partition coefficient (Wildman–Crippen LogP) is 5.89. The molecule has 1 radical (unpaired) electrons. The van der Waals surface area contributed by atoms with Crippen molar-refractivity contribution in [1.82, 2.24) is 24.8 Å². The summed E-state index contributed by atoms with van der Waals surface area (Å²) in [6, 6.07) is 14.4. The quantitative estimate of drug-likeness (QED) is 0.247. The average molecular weight is 627 g/mol. The number of carbonyl (C=O) groups excluding carboxylic acids is 1. The maximum atomic E-state index is 13.1. The van der Waals surface area contributed by atoms with Crippen LogP contribution < -0.4 is 0 Å². The molecule has 0 saturated carbocycles. The fourth-order valence-electron chi connectivity index (χ4n) is 3.93. The Balaban J connectivity index is 0.000000229. The number of amides is 1. The number of imidazole rings is 2. The smallest absolute Gasteiger partial charge is 0.309 e. The van der Waals surface area contributed by atoms with E-state index in [1.807, 2.05) is 24.3 Å². The molecule has 1 aliphatic rings. The summed E-state index contributed by atoms with van der Waals surface area (Å²) in [5, 5.41) is 9.91. The minimum absolute atomic E-state index is 0. The summed E-state index contributed by atoms with van der Waals surface area (Å²) >= 11 is 11.6. The molecule has 0 unspecified atom stereocenters. The molecule has 2 aromatic carbocycles. The Labute approximate surface area is 251 Å². The second-order valence-corrected chi connectivity index (χ2v) is 9.88. The number of hydrogen-bond acceptors (Lipinski definition) is 4. The molecular weight excluding hydrogens is 602 g/mol. The van der Waals surface area contributed by atoms with Gasteiger partial charge in [0.2, 0.25) is 5.91 Å². The first-order valence-corrected chi connectivity index (χ1v) is 12.8. The molecule has 4 aromatic rings. The van der Waals surface area contributed by atoms with Crippen LogP contribution in [0.15, 0.2) is 60.9 Å². The van der Waals surface area contributed by atoms with Gasteiger partial charge in [0, 0.05) is 89.4 Å². The zero-order valence-electron chi connectivity index (χ0n) is 21.1. The summed E-state index contributed by atoms with van der Waals surface area (Å²) in [5.74, 6) is -2.40. The van der Waals surface area contributed by atoms with Gasteiger partial charge in [-0.05, 0) is 48.5 Å². The van der Waals surface area contributed by atoms with Gasteiger partial charge in [0.05, 0.1) is 12.8 Å². The molecule has 1 amide bonds. The molecule has 13 heteroatoms. The molecule has 8 nitrogen and oxygen atoms in total. The first-order chi connectivity index (χ1) is 18.6. The Hall–Kier alpha value is -3.18. The molecule has 0 aliphatic carbocycles. The number of carboxylic acids is 1. The fourth-order valence-corrected chi connectivity index (χ4v) is 4.18. The summed E-state index contributed by atoms with van der Waals surface area (Å²) in [4.78, 5) is 38.6. The van der Waals surface area contributed by atoms with Crippen molar-refractivity contribution in [1.29, 1.82) is 0 Å². The second-order valence-electron chi connectivity index (χ2n) is 9.01. The van der Waals surface area contributed by atoms with Crippen LogP contribution in [0, 0.1) is 0 Å². The number of piperidine rings is 1. The Morgan fingerprint density at radius 1 is 0.825 bits per heavy atom. The molecule has 40 heavy (non-hydrogen) atoms. The van der Waals surface area contributed by atoms with Gasteiger partial charge >= 0.3 is 5.97 Å². The van der Waals surface area contributed by atoms with Gasteiger partial charge < -0.3 is 20.0 Å². The van der Waals surface area contributed by atoms with Gasteiger partial charge in [-0.1, -0.05) is 23.2 Å². The number of aromatic nitrogens is 4. The van der Waals surface area contributed by atoms with Crippen molar-refractivity contribution in [2.24, 2.45) is 0 Å². The SMILES string of the molecule is O=C(Cc1cnc(-c2ccc(Cl)cc2)[nH]1)N1CCC(F)(F)CC1.O=C(O)Cc1cnc(-c2ccc(Cl)cc2)[nH]1.[V]. The molecule has 209 valence electrons. The maximum Gasteiger partial charge on any atom is 0.309 e. The Morgan fingerprint density at radius 2 is 1.25 bits per heavy atom. The Morgan fingerprint density at radius 3 is 1.68 bits per heavy atom. The number of nitrogens with zero attached hydrogens (tertiary/aromatic N) is 3. The zero-order valence-corrected chi connectivity index (χ0v) is 24.0. The number of alkyl halides is 2. The molecule has 1 aliphatic heterocycles. The zero-order chi connectivity index (χ0) is 28.0. The van der Waals surface area contributed by atoms with Gasteiger partial charge in [-0.2, -0.15) is 0 Å². The van der Waals surface area contributed by atoms with Gasteiger partial charge in [0.25, 0.3) is 5.92 Å². The van der Waals surface area contributed by atoms with E-state index in [-0.39, 0.29) is 63.2 Å². The number of aliphatic carboxylic acids is 1. The van der Waals surface area contributed by atoms with Crippen molar-refractivity contribution in [3.8, 4) is 22.8 Å². The van der Waals surface area contributed by atoms with E-state index in [1.165, 1.54) is 11.1 Å². The van der Waals surface area contributed by atoms with Crippen LogP contribution in [0.2, 0.25) is 10.0 Å². The largest absolute Gasteiger partial charge is 0.481 e. The van der Waals surface area contributed by atoms with Crippen LogP contribution in [0.1, 0.15) is 24.2 Å². The second kappa shape index (κ2) is 13.9. The molecular formula is C27H25Cl2F2N5O3V. The topological polar surface area (TPSA) is 115 Å². The molecule has 3 N–H and O–H groups in total. The van der Waals surface area contributed by atoms with Crippen LogP contribution in [0.3, 0.4) is 0 Å². The summed E-state index contributed by atoms with van der Waals surface area (Å²) in [6.07, 6.45) is 2.67. The van der Waals surface area contributed by atoms with Crippen LogP contribution >= 0.6 is 23.2 Å². The van der Waals surface area contributed by atoms with Crippen molar-refractivity contribution in [3.63, 3.8) is 0 Å². The van der Waals surface area contributed by atoms with Crippen molar-refractivity contribution >= 4 is 35.1 Å². The first-order valence-electron chi connectivity index (χ1n) is 12.0. The number of hydrogen-bond donors (Lipinski definition) is 3. The van der Waals surface area contributed by atoms with E-state index in [2.05, 4.69) is 19.9 Å². The van der Waals surface area contributed by atoms with Gasteiger partial charge in [0.1, 0.15) is 11.6 Å². The van der Waals surface area contributed by atoms with Crippen LogP contribution in [-0.4, -0.2) is 60.8 Å². The third-order valence-electron chi connectivity index (χ3n) is 6.02. The number of halogens is 4. The van der Waals surface area contributed by atoms with Crippen LogP contribution in [0.5, 0.6) is 0 Å². The van der Waals surface area contributed by atoms with Gasteiger partial charge in [-0.15, -0.1) is 0 Å². The Bertz CT molecular complexity index is 1420. The van der Waals surface area contributed by atoms with E-state index < -0.39 is 11.9 Å². The summed E-state index contributed by atoms with van der Waals surface area (Å²) in [5.41, 5.74) is 2.99. The van der Waals surface area contributed by atoms with E-state index in [9.17, 15) is 18.4 Å². The van der Waals surface area contributed by atoms with E-state index in [1.54, 1.807) is 30.5 Å². The van der Waals surface area contributed by atoms with Crippen molar-refractivity contribution in [2.75, 3.05) is 13.1 Å². The summed E-state index contributed by atoms with van der Waals surface area (Å²) in [6.45, 7) is 0.202. The molecule has 1 saturated heterocycles. The number of H-pyrrole nitrogens is 2. The van der Waals surface area contributed by atoms with Gasteiger partial charge in [0.15, 0.2) is 0 Å². The number of rotatable bonds is 6. The molecule has 2 aromatic heterocycles. The van der Waals surface area contributed by atoms with Crippen LogP contribution in [0.25, 0.3) is 22.8 Å². The van der Waals surface area contributed by atoms with E-state index in [0.29, 0.717) is 33.1 Å². The third-order valence-corrected chi connectivity index (χ3v) is 6.53. The standard InChI is InChI=1S/C16H16ClF2N3O.C11H9ClN2O2.V/c17-12-3-1-11(2-4-12)15-20-10-13(21-15)9-14(23)22-7-5-16(18,19)6-8-22;12-8-3-1-7(2-4-8)11-13-6-9(14-11)5-10(15)16;/h1-4,10H,5-9H2,(H,20,21);1-4,6H,5H2,(H,13,14)(H,15,16);. The number of carboxylic acid groups (broad SMARTS) is 1. The summed E-state index contributed by atoms with van der Waals surface area (Å²) < 4.78 is 26.2. The number of aromatic amines is 2. The third kappa shape index (κ3) is 8.92.